The van der Waals surface area contributed by atoms with E-state index in [1.165, 1.54) is 5.56 Å². The Bertz CT molecular complexity index is 532. The highest BCUT2D eigenvalue weighted by atomic mass is 35.5. The van der Waals surface area contributed by atoms with Crippen LogP contribution >= 0.6 is 11.6 Å². The Hall–Kier alpha value is -1.31. The van der Waals surface area contributed by atoms with Crippen LogP contribution in [0.4, 0.5) is 0 Å². The number of halogens is 1. The fourth-order valence-corrected chi connectivity index (χ4v) is 2.31. The van der Waals surface area contributed by atoms with Crippen LogP contribution in [0.1, 0.15) is 23.6 Å². The van der Waals surface area contributed by atoms with Crippen LogP contribution in [0.5, 0.6) is 0 Å². The van der Waals surface area contributed by atoms with Gasteiger partial charge in [-0.1, -0.05) is 48.0 Å². The number of hydrogen-bond donors (Lipinski definition) is 1. The zero-order chi connectivity index (χ0) is 12.5. The summed E-state index contributed by atoms with van der Waals surface area (Å²) in [6.07, 6.45) is 0. The number of rotatable bonds is 2. The van der Waals surface area contributed by atoms with E-state index in [1.807, 2.05) is 43.3 Å². The Morgan fingerprint density at radius 3 is 2.41 bits per heavy atom. The molecule has 0 radical (unpaired) electrons. The van der Waals surface area contributed by atoms with Crippen molar-refractivity contribution in [2.45, 2.75) is 19.4 Å². The molecule has 2 aromatic rings. The van der Waals surface area contributed by atoms with Gasteiger partial charge in [0.2, 0.25) is 0 Å². The summed E-state index contributed by atoms with van der Waals surface area (Å²) in [6.45, 7) is 4.09. The normalized spacial score (nSPS) is 14.4. The maximum absolute atomic E-state index is 6.47. The second-order valence-corrected chi connectivity index (χ2v) is 4.96. The fourth-order valence-electron chi connectivity index (χ4n) is 2.12. The van der Waals surface area contributed by atoms with Gasteiger partial charge >= 0.3 is 0 Å². The summed E-state index contributed by atoms with van der Waals surface area (Å²) in [7, 11) is 0. The summed E-state index contributed by atoms with van der Waals surface area (Å²) in [5.74, 6) is 0. The maximum Gasteiger partial charge on any atom is 0.0640 e. The van der Waals surface area contributed by atoms with E-state index in [-0.39, 0.29) is 0 Å². The van der Waals surface area contributed by atoms with E-state index in [2.05, 4.69) is 19.1 Å². The quantitative estimate of drug-likeness (QED) is 0.854. The lowest BCUT2D eigenvalue weighted by Gasteiger charge is -2.27. The van der Waals surface area contributed by atoms with Gasteiger partial charge in [0, 0.05) is 5.02 Å². The molecule has 0 aliphatic carbocycles. The molecule has 0 spiro atoms. The van der Waals surface area contributed by atoms with Crippen molar-refractivity contribution in [3.63, 3.8) is 0 Å². The molecule has 17 heavy (non-hydrogen) atoms. The van der Waals surface area contributed by atoms with Gasteiger partial charge < -0.3 is 5.73 Å². The molecule has 2 aromatic carbocycles. The summed E-state index contributed by atoms with van der Waals surface area (Å²) in [5, 5.41) is 0.716. The first-order chi connectivity index (χ1) is 8.01. The molecule has 2 heteroatoms. The third-order valence-electron chi connectivity index (χ3n) is 3.13. The molecule has 2 rings (SSSR count). The minimum absolute atomic E-state index is 0.518. The van der Waals surface area contributed by atoms with Crippen LogP contribution in [0, 0.1) is 6.92 Å². The van der Waals surface area contributed by atoms with Crippen molar-refractivity contribution in [3.8, 4) is 0 Å². The lowest BCUT2D eigenvalue weighted by molar-refractivity contribution is 0.599. The molecule has 0 aliphatic heterocycles. The van der Waals surface area contributed by atoms with Gasteiger partial charge in [-0.05, 0) is 42.7 Å². The molecule has 0 amide bonds. The van der Waals surface area contributed by atoms with Crippen LogP contribution in [0.3, 0.4) is 0 Å². The minimum Gasteiger partial charge on any atom is -0.318 e. The number of nitrogens with two attached hydrogens (primary N) is 1. The van der Waals surface area contributed by atoms with Crippen LogP contribution in [-0.4, -0.2) is 0 Å². The molecule has 0 saturated carbocycles. The Morgan fingerprint density at radius 1 is 1.06 bits per heavy atom. The summed E-state index contributed by atoms with van der Waals surface area (Å²) < 4.78 is 0. The molecule has 0 saturated heterocycles. The summed E-state index contributed by atoms with van der Waals surface area (Å²) in [6, 6.07) is 15.9. The van der Waals surface area contributed by atoms with Crippen molar-refractivity contribution in [2.75, 3.05) is 0 Å². The van der Waals surface area contributed by atoms with Crippen LogP contribution < -0.4 is 5.73 Å². The zero-order valence-electron chi connectivity index (χ0n) is 10.1. The van der Waals surface area contributed by atoms with Crippen molar-refractivity contribution in [1.29, 1.82) is 0 Å². The van der Waals surface area contributed by atoms with E-state index < -0.39 is 5.54 Å². The van der Waals surface area contributed by atoms with Crippen molar-refractivity contribution in [2.24, 2.45) is 5.73 Å². The highest BCUT2D eigenvalue weighted by molar-refractivity contribution is 6.30. The fraction of sp³-hybridized carbons (Fsp3) is 0.200. The Kier molecular flexibility index (Phi) is 3.23. The van der Waals surface area contributed by atoms with Gasteiger partial charge in [-0.2, -0.15) is 0 Å². The van der Waals surface area contributed by atoms with Gasteiger partial charge in [0.1, 0.15) is 0 Å². The summed E-state index contributed by atoms with van der Waals surface area (Å²) in [5.41, 5.74) is 9.30. The van der Waals surface area contributed by atoms with Gasteiger partial charge in [0.25, 0.3) is 0 Å². The van der Waals surface area contributed by atoms with Crippen molar-refractivity contribution in [3.05, 3.63) is 70.2 Å². The molecular formula is C15H16ClN. The number of benzene rings is 2. The Balaban J connectivity index is 2.53. The smallest absolute Gasteiger partial charge is 0.0640 e. The van der Waals surface area contributed by atoms with E-state index in [0.717, 1.165) is 11.1 Å². The first-order valence-electron chi connectivity index (χ1n) is 5.63. The van der Waals surface area contributed by atoms with Crippen molar-refractivity contribution < 1.29 is 0 Å². The molecule has 88 valence electrons. The predicted molar refractivity (Wildman–Crippen MR) is 73.3 cm³/mol. The van der Waals surface area contributed by atoms with Crippen LogP contribution in [0.25, 0.3) is 0 Å². The van der Waals surface area contributed by atoms with Gasteiger partial charge in [-0.3, -0.25) is 0 Å². The number of hydrogen-bond acceptors (Lipinski definition) is 1. The predicted octanol–water partition coefficient (Wildman–Crippen LogP) is 3.87. The van der Waals surface area contributed by atoms with Gasteiger partial charge in [0.15, 0.2) is 0 Å². The monoisotopic (exact) mass is 245 g/mol. The zero-order valence-corrected chi connectivity index (χ0v) is 10.8. The molecule has 0 aliphatic rings. The average molecular weight is 246 g/mol. The largest absolute Gasteiger partial charge is 0.318 e. The molecule has 1 atom stereocenters. The average Bonchev–Trinajstić information content (AvgIpc) is 2.29. The van der Waals surface area contributed by atoms with Gasteiger partial charge in [-0.25, -0.2) is 0 Å². The molecule has 0 heterocycles. The molecule has 1 unspecified atom stereocenters. The first-order valence-corrected chi connectivity index (χ1v) is 6.00. The second-order valence-electron chi connectivity index (χ2n) is 4.53. The minimum atomic E-state index is -0.518. The summed E-state index contributed by atoms with van der Waals surface area (Å²) >= 11 is 6.02. The molecule has 1 nitrogen and oxygen atoms in total. The van der Waals surface area contributed by atoms with E-state index in [9.17, 15) is 0 Å². The van der Waals surface area contributed by atoms with Crippen LogP contribution in [0.2, 0.25) is 5.02 Å². The molecule has 0 fully saturated rings. The Morgan fingerprint density at radius 2 is 1.76 bits per heavy atom. The lowest BCUT2D eigenvalue weighted by Crippen LogP contribution is -2.35. The topological polar surface area (TPSA) is 26.0 Å². The Labute approximate surface area is 107 Å². The van der Waals surface area contributed by atoms with Gasteiger partial charge in [0.05, 0.1) is 5.54 Å². The van der Waals surface area contributed by atoms with Crippen molar-refractivity contribution >= 4 is 11.6 Å². The SMILES string of the molecule is Cc1ccccc1C(C)(N)c1cccc(Cl)c1. The third kappa shape index (κ3) is 2.36. The van der Waals surface area contributed by atoms with Gasteiger partial charge in [-0.15, -0.1) is 0 Å². The van der Waals surface area contributed by atoms with Crippen LogP contribution in [0.15, 0.2) is 48.5 Å². The highest BCUT2D eigenvalue weighted by Gasteiger charge is 2.25. The molecule has 0 aromatic heterocycles. The second kappa shape index (κ2) is 4.52. The lowest BCUT2D eigenvalue weighted by atomic mass is 9.83. The van der Waals surface area contributed by atoms with E-state index in [0.29, 0.717) is 5.02 Å². The number of aryl methyl sites for hydroxylation is 1. The van der Waals surface area contributed by atoms with Crippen molar-refractivity contribution in [1.82, 2.24) is 0 Å². The highest BCUT2D eigenvalue weighted by Crippen LogP contribution is 2.30. The standard InChI is InChI=1S/C15H16ClN/c1-11-6-3-4-9-14(11)15(2,17)12-7-5-8-13(16)10-12/h3-10H,17H2,1-2H3. The van der Waals surface area contributed by atoms with Crippen LogP contribution in [-0.2, 0) is 5.54 Å². The molecular weight excluding hydrogens is 230 g/mol. The van der Waals surface area contributed by atoms with E-state index in [4.69, 9.17) is 17.3 Å². The van der Waals surface area contributed by atoms with E-state index >= 15 is 0 Å². The first kappa shape index (κ1) is 12.2. The third-order valence-corrected chi connectivity index (χ3v) is 3.36. The molecule has 0 bridgehead atoms. The van der Waals surface area contributed by atoms with E-state index in [1.54, 1.807) is 0 Å². The molecule has 2 N–H and O–H groups in total. The summed E-state index contributed by atoms with van der Waals surface area (Å²) in [4.78, 5) is 0. The maximum atomic E-state index is 6.47.